The number of anilines is 1. The van der Waals surface area contributed by atoms with E-state index in [2.05, 4.69) is 64.8 Å². The molecule has 3 aromatic heterocycles. The van der Waals surface area contributed by atoms with E-state index in [0.717, 1.165) is 75.0 Å². The number of allylic oxidation sites excluding steroid dienone is 2. The summed E-state index contributed by atoms with van der Waals surface area (Å²) in [5.74, 6) is 2.06. The van der Waals surface area contributed by atoms with Crippen LogP contribution in [0, 0.1) is 0 Å². The average molecular weight is 551 g/mol. The first-order valence-corrected chi connectivity index (χ1v) is 14.9. The molecular formula is C28H35ClN8S. The fourth-order valence-corrected chi connectivity index (χ4v) is 6.93. The van der Waals surface area contributed by atoms with Crippen LogP contribution in [0.2, 0.25) is 5.02 Å². The van der Waals surface area contributed by atoms with Crippen LogP contribution in [0.25, 0.3) is 11.4 Å². The number of likely N-dealkylation sites (tertiary alicyclic amines) is 1. The molecule has 3 aliphatic rings. The summed E-state index contributed by atoms with van der Waals surface area (Å²) in [6.07, 6.45) is 17.0. The van der Waals surface area contributed by atoms with Crippen molar-refractivity contribution in [2.75, 3.05) is 44.2 Å². The van der Waals surface area contributed by atoms with Crippen LogP contribution in [-0.4, -0.2) is 85.7 Å². The zero-order chi connectivity index (χ0) is 25.9. The molecule has 0 amide bonds. The van der Waals surface area contributed by atoms with Gasteiger partial charge in [0.05, 0.1) is 10.7 Å². The third-order valence-electron chi connectivity index (χ3n) is 8.26. The standard InChI is InChI=1S/C28H35ClN8S/c1-2-23-18-36(28-25(29)15-22(16-32-28)27-30-9-10-31-27)13-14-37(23)24-7-11-35(12-8-24)17-20-3-5-21(6-4-20)26-19-38-34-33-26/h3-5,9-10,15-16,19,21,23-24H,2,6-8,11-14,17-18H2,1H3,(H,30,31)/t21?,23-/m0/s1. The van der Waals surface area contributed by atoms with Crippen LogP contribution in [0.3, 0.4) is 0 Å². The third kappa shape index (κ3) is 5.57. The number of piperidine rings is 1. The predicted octanol–water partition coefficient (Wildman–Crippen LogP) is 5.01. The first-order valence-electron chi connectivity index (χ1n) is 13.7. The third-order valence-corrected chi connectivity index (χ3v) is 9.06. The minimum atomic E-state index is 0.381. The van der Waals surface area contributed by atoms with E-state index in [9.17, 15) is 0 Å². The Morgan fingerprint density at radius 3 is 2.74 bits per heavy atom. The molecule has 2 atom stereocenters. The lowest BCUT2D eigenvalue weighted by atomic mass is 9.93. The highest BCUT2D eigenvalue weighted by atomic mass is 35.5. The average Bonchev–Trinajstić information content (AvgIpc) is 3.69. The van der Waals surface area contributed by atoms with Crippen molar-refractivity contribution in [2.45, 2.75) is 50.6 Å². The molecule has 2 aliphatic heterocycles. The first-order chi connectivity index (χ1) is 18.7. The lowest BCUT2D eigenvalue weighted by Gasteiger charge is -2.48. The Kier molecular flexibility index (Phi) is 7.87. The van der Waals surface area contributed by atoms with Gasteiger partial charge in [0.2, 0.25) is 0 Å². The van der Waals surface area contributed by atoms with Gasteiger partial charge in [-0.25, -0.2) is 9.97 Å². The summed E-state index contributed by atoms with van der Waals surface area (Å²) in [6.45, 7) is 8.66. The highest BCUT2D eigenvalue weighted by Crippen LogP contribution is 2.32. The lowest BCUT2D eigenvalue weighted by molar-refractivity contribution is 0.0659. The van der Waals surface area contributed by atoms with Crippen LogP contribution in [0.4, 0.5) is 5.82 Å². The summed E-state index contributed by atoms with van der Waals surface area (Å²) in [5.41, 5.74) is 3.44. The second-order valence-corrected chi connectivity index (χ2v) is 11.5. The molecule has 1 N–H and O–H groups in total. The molecule has 0 radical (unpaired) electrons. The van der Waals surface area contributed by atoms with Gasteiger partial charge in [-0.05, 0) is 61.9 Å². The number of aromatic amines is 1. The quantitative estimate of drug-likeness (QED) is 0.443. The van der Waals surface area contributed by atoms with Crippen LogP contribution in [0.5, 0.6) is 0 Å². The van der Waals surface area contributed by atoms with Crippen molar-refractivity contribution < 1.29 is 0 Å². The monoisotopic (exact) mass is 550 g/mol. The van der Waals surface area contributed by atoms with Gasteiger partial charge in [0.1, 0.15) is 11.6 Å². The predicted molar refractivity (Wildman–Crippen MR) is 154 cm³/mol. The number of H-pyrrole nitrogens is 1. The zero-order valence-electron chi connectivity index (χ0n) is 21.8. The molecule has 1 unspecified atom stereocenters. The Bertz CT molecular complexity index is 1250. The summed E-state index contributed by atoms with van der Waals surface area (Å²) in [4.78, 5) is 19.9. The lowest BCUT2D eigenvalue weighted by Crippen LogP contribution is -2.58. The zero-order valence-corrected chi connectivity index (χ0v) is 23.4. The van der Waals surface area contributed by atoms with Crippen molar-refractivity contribution >= 4 is 29.0 Å². The largest absolute Gasteiger partial charge is 0.353 e. The normalized spacial score (nSPS) is 23.6. The highest BCUT2D eigenvalue weighted by Gasteiger charge is 2.34. The molecule has 38 heavy (non-hydrogen) atoms. The number of hydrogen-bond acceptors (Lipinski definition) is 8. The number of pyridine rings is 1. The minimum absolute atomic E-state index is 0.381. The Morgan fingerprint density at radius 1 is 1.16 bits per heavy atom. The summed E-state index contributed by atoms with van der Waals surface area (Å²) in [6, 6.07) is 3.14. The molecule has 6 rings (SSSR count). The molecule has 0 aromatic carbocycles. The van der Waals surface area contributed by atoms with Gasteiger partial charge < -0.3 is 9.88 Å². The van der Waals surface area contributed by atoms with E-state index in [1.165, 1.54) is 29.9 Å². The van der Waals surface area contributed by atoms with Gasteiger partial charge >= 0.3 is 0 Å². The fraction of sp³-hybridized carbons (Fsp3) is 0.500. The molecule has 200 valence electrons. The van der Waals surface area contributed by atoms with Gasteiger partial charge in [-0.2, -0.15) is 0 Å². The maximum absolute atomic E-state index is 6.71. The van der Waals surface area contributed by atoms with E-state index in [4.69, 9.17) is 16.6 Å². The van der Waals surface area contributed by atoms with Crippen molar-refractivity contribution in [2.24, 2.45) is 0 Å². The molecule has 5 heterocycles. The van der Waals surface area contributed by atoms with Crippen molar-refractivity contribution in [1.82, 2.24) is 34.3 Å². The van der Waals surface area contributed by atoms with Crippen LogP contribution in [-0.2, 0) is 0 Å². The Balaban J connectivity index is 1.01. The van der Waals surface area contributed by atoms with E-state index in [1.54, 1.807) is 6.20 Å². The first kappa shape index (κ1) is 25.7. The molecule has 1 aliphatic carbocycles. The maximum Gasteiger partial charge on any atom is 0.147 e. The molecule has 8 nitrogen and oxygen atoms in total. The van der Waals surface area contributed by atoms with Crippen molar-refractivity contribution in [3.63, 3.8) is 0 Å². The number of hydrogen-bond donors (Lipinski definition) is 1. The van der Waals surface area contributed by atoms with E-state index >= 15 is 0 Å². The molecular weight excluding hydrogens is 516 g/mol. The summed E-state index contributed by atoms with van der Waals surface area (Å²) >= 11 is 8.14. The van der Waals surface area contributed by atoms with Crippen LogP contribution >= 0.6 is 23.1 Å². The second-order valence-electron chi connectivity index (χ2n) is 10.5. The van der Waals surface area contributed by atoms with Crippen molar-refractivity contribution in [1.29, 1.82) is 0 Å². The van der Waals surface area contributed by atoms with Crippen molar-refractivity contribution in [3.8, 4) is 11.4 Å². The van der Waals surface area contributed by atoms with Gasteiger partial charge in [0, 0.05) is 73.7 Å². The number of halogens is 1. The summed E-state index contributed by atoms with van der Waals surface area (Å²) < 4.78 is 4.01. The van der Waals surface area contributed by atoms with Gasteiger partial charge in [-0.15, -0.1) is 5.10 Å². The molecule has 10 heteroatoms. The topological polar surface area (TPSA) is 77.1 Å². The van der Waals surface area contributed by atoms with E-state index in [-0.39, 0.29) is 0 Å². The van der Waals surface area contributed by atoms with E-state index in [1.807, 2.05) is 18.5 Å². The van der Waals surface area contributed by atoms with Gasteiger partial charge in [-0.1, -0.05) is 41.2 Å². The molecule has 2 saturated heterocycles. The summed E-state index contributed by atoms with van der Waals surface area (Å²) in [7, 11) is 0. The summed E-state index contributed by atoms with van der Waals surface area (Å²) in [5, 5.41) is 6.99. The number of aromatic nitrogens is 5. The van der Waals surface area contributed by atoms with Crippen LogP contribution in [0.15, 0.2) is 53.8 Å². The Morgan fingerprint density at radius 2 is 2.05 bits per heavy atom. The molecule has 0 saturated carbocycles. The SMILES string of the molecule is CC[C@H]1CN(c2ncc(-c3ncc[nH]3)cc2Cl)CCN1C1CCN(CC2=CCC(c3csnn3)C=C2)CC1. The second kappa shape index (κ2) is 11.7. The van der Waals surface area contributed by atoms with E-state index < -0.39 is 0 Å². The molecule has 0 bridgehead atoms. The van der Waals surface area contributed by atoms with Gasteiger partial charge in [0.25, 0.3) is 0 Å². The molecule has 3 aromatic rings. The Labute approximate surface area is 233 Å². The minimum Gasteiger partial charge on any atom is -0.353 e. The van der Waals surface area contributed by atoms with Crippen LogP contribution in [0.1, 0.15) is 44.2 Å². The van der Waals surface area contributed by atoms with Gasteiger partial charge in [-0.3, -0.25) is 9.80 Å². The molecule has 2 fully saturated rings. The Hall–Kier alpha value is -2.59. The fourth-order valence-electron chi connectivity index (χ4n) is 6.12. The number of nitrogens with zero attached hydrogens (tertiary/aromatic N) is 7. The maximum atomic E-state index is 6.71. The number of nitrogens with one attached hydrogen (secondary N) is 1. The van der Waals surface area contributed by atoms with Crippen molar-refractivity contribution in [3.05, 3.63) is 64.6 Å². The number of piperazine rings is 1. The molecule has 0 spiro atoms. The highest BCUT2D eigenvalue weighted by molar-refractivity contribution is 7.03. The van der Waals surface area contributed by atoms with Gasteiger partial charge in [0.15, 0.2) is 0 Å². The number of imidazole rings is 1. The number of rotatable bonds is 7. The smallest absolute Gasteiger partial charge is 0.147 e. The van der Waals surface area contributed by atoms with Crippen LogP contribution < -0.4 is 4.90 Å². The van der Waals surface area contributed by atoms with E-state index in [0.29, 0.717) is 23.0 Å².